The van der Waals surface area contributed by atoms with Crippen LogP contribution in [0.2, 0.25) is 0 Å². The predicted molar refractivity (Wildman–Crippen MR) is 174 cm³/mol. The van der Waals surface area contributed by atoms with Crippen LogP contribution in [0.25, 0.3) is 0 Å². The average Bonchev–Trinajstić information content (AvgIpc) is 3.60. The van der Waals surface area contributed by atoms with Crippen LogP contribution in [0.15, 0.2) is 60.7 Å². The molecule has 0 unspecified atom stereocenters. The monoisotopic (exact) mass is 637 g/mol. The fourth-order valence-electron chi connectivity index (χ4n) is 7.22. The largest absolute Gasteiger partial charge is 0.444 e. The fourth-order valence-corrected chi connectivity index (χ4v) is 10.6. The van der Waals surface area contributed by atoms with Crippen molar-refractivity contribution in [2.75, 3.05) is 13.1 Å². The molecule has 3 aliphatic rings. The molecule has 0 bridgehead atoms. The highest BCUT2D eigenvalue weighted by atomic mass is 31.2. The van der Waals surface area contributed by atoms with Crippen molar-refractivity contribution in [2.24, 2.45) is 0 Å². The minimum absolute atomic E-state index is 0.00159. The number of benzene rings is 2. The molecule has 0 aromatic heterocycles. The van der Waals surface area contributed by atoms with E-state index in [1.165, 1.54) is 4.90 Å². The van der Waals surface area contributed by atoms with Crippen LogP contribution in [-0.4, -0.2) is 69.0 Å². The maximum absolute atomic E-state index is 15.6. The van der Waals surface area contributed by atoms with E-state index in [1.807, 2.05) is 60.7 Å². The molecule has 0 radical (unpaired) electrons. The van der Waals surface area contributed by atoms with E-state index in [2.05, 4.69) is 33.6 Å². The van der Waals surface area contributed by atoms with E-state index in [0.717, 1.165) is 36.8 Å². The topological polar surface area (TPSA) is 111 Å². The van der Waals surface area contributed by atoms with Gasteiger partial charge >= 0.3 is 13.7 Å². The molecule has 2 saturated heterocycles. The minimum atomic E-state index is -3.70. The van der Waals surface area contributed by atoms with Crippen molar-refractivity contribution >= 4 is 25.5 Å². The van der Waals surface area contributed by atoms with Crippen molar-refractivity contribution in [3.8, 4) is 0 Å². The summed E-state index contributed by atoms with van der Waals surface area (Å²) in [7, 11) is -3.70. The van der Waals surface area contributed by atoms with Gasteiger partial charge in [0.05, 0.1) is 6.54 Å². The Balaban J connectivity index is 1.39. The maximum Gasteiger partial charge on any atom is 0.410 e. The van der Waals surface area contributed by atoms with Crippen molar-refractivity contribution in [1.82, 2.24) is 24.6 Å². The van der Waals surface area contributed by atoms with Crippen molar-refractivity contribution in [2.45, 2.75) is 109 Å². The van der Waals surface area contributed by atoms with Crippen molar-refractivity contribution in [3.05, 3.63) is 71.8 Å². The summed E-state index contributed by atoms with van der Waals surface area (Å²) in [6.07, 6.45) is 4.45. The van der Waals surface area contributed by atoms with Gasteiger partial charge in [-0.1, -0.05) is 73.5 Å². The zero-order valence-corrected chi connectivity index (χ0v) is 28.0. The standard InChI is InChI=1S/C34H48N5O5P/c1-24(26-15-8-6-9-16-26)38-28-19-12-13-20-29(28)39(25(2)27-17-10-7-11-18-27)45(38,43)36-31(40)23-35-32(41)30-21-14-22-37(30)33(42)44-34(3,4)5/h6-11,15-18,24-25,28-30H,12-14,19-23H2,1-5H3,(H,35,41)(H,36,40,43)/t24-,25-,28+,29+,30+/m1/s1. The van der Waals surface area contributed by atoms with E-state index in [0.29, 0.717) is 19.4 Å². The lowest BCUT2D eigenvalue weighted by molar-refractivity contribution is -0.128. The third-order valence-corrected chi connectivity index (χ3v) is 12.3. The molecule has 45 heavy (non-hydrogen) atoms. The summed E-state index contributed by atoms with van der Waals surface area (Å²) in [5, 5.41) is 5.69. The van der Waals surface area contributed by atoms with Crippen LogP contribution in [0.3, 0.4) is 0 Å². The van der Waals surface area contributed by atoms with Gasteiger partial charge in [0.2, 0.25) is 11.8 Å². The summed E-state index contributed by atoms with van der Waals surface area (Å²) in [4.78, 5) is 41.1. The van der Waals surface area contributed by atoms with Gasteiger partial charge in [0, 0.05) is 30.7 Å². The molecule has 0 spiro atoms. The van der Waals surface area contributed by atoms with Gasteiger partial charge in [-0.15, -0.1) is 0 Å². The Kier molecular flexibility index (Phi) is 10.1. The van der Waals surface area contributed by atoms with Crippen molar-refractivity contribution in [1.29, 1.82) is 0 Å². The second-order valence-electron chi connectivity index (χ2n) is 13.5. The lowest BCUT2D eigenvalue weighted by Gasteiger charge is -2.38. The smallest absolute Gasteiger partial charge is 0.410 e. The first-order valence-electron chi connectivity index (χ1n) is 16.3. The van der Waals surface area contributed by atoms with Gasteiger partial charge in [-0.3, -0.25) is 24.1 Å². The van der Waals surface area contributed by atoms with E-state index >= 15 is 4.57 Å². The van der Waals surface area contributed by atoms with Gasteiger partial charge in [-0.05, 0) is 71.4 Å². The highest BCUT2D eigenvalue weighted by molar-refractivity contribution is 7.58. The van der Waals surface area contributed by atoms with Crippen LogP contribution in [0.1, 0.15) is 96.4 Å². The molecular formula is C34H48N5O5P. The number of hydrogen-bond acceptors (Lipinski definition) is 5. The third-order valence-electron chi connectivity index (χ3n) is 9.23. The lowest BCUT2D eigenvalue weighted by Crippen LogP contribution is -2.49. The van der Waals surface area contributed by atoms with Crippen LogP contribution in [-0.2, 0) is 18.9 Å². The van der Waals surface area contributed by atoms with Crippen LogP contribution in [0, 0.1) is 0 Å². The molecule has 244 valence electrons. The first-order valence-corrected chi connectivity index (χ1v) is 17.9. The predicted octanol–water partition coefficient (Wildman–Crippen LogP) is 6.18. The van der Waals surface area contributed by atoms with Crippen LogP contribution >= 0.6 is 7.59 Å². The Hall–Kier alpha value is -3.20. The van der Waals surface area contributed by atoms with Gasteiger partial charge in [-0.25, -0.2) is 14.1 Å². The van der Waals surface area contributed by atoms with Crippen LogP contribution < -0.4 is 10.4 Å². The van der Waals surface area contributed by atoms with E-state index in [4.69, 9.17) is 4.74 Å². The quantitative estimate of drug-likeness (QED) is 0.333. The number of carbonyl (C=O) groups excluding carboxylic acids is 3. The molecule has 2 aromatic carbocycles. The molecule has 11 heteroatoms. The Morgan fingerprint density at radius 2 is 1.36 bits per heavy atom. The molecule has 5 atom stereocenters. The Morgan fingerprint density at radius 3 is 1.84 bits per heavy atom. The van der Waals surface area contributed by atoms with Gasteiger partial charge in [0.1, 0.15) is 11.6 Å². The summed E-state index contributed by atoms with van der Waals surface area (Å²) >= 11 is 0. The van der Waals surface area contributed by atoms with Crippen molar-refractivity contribution < 1.29 is 23.7 Å². The molecule has 5 rings (SSSR count). The average molecular weight is 638 g/mol. The molecule has 3 fully saturated rings. The Morgan fingerprint density at radius 1 is 0.844 bits per heavy atom. The molecule has 1 aliphatic carbocycles. The molecule has 2 aliphatic heterocycles. The van der Waals surface area contributed by atoms with E-state index in [1.54, 1.807) is 20.8 Å². The lowest BCUT2D eigenvalue weighted by atomic mass is 9.88. The number of ether oxygens (including phenoxy) is 1. The van der Waals surface area contributed by atoms with E-state index < -0.39 is 37.1 Å². The molecule has 2 heterocycles. The number of rotatable bonds is 8. The summed E-state index contributed by atoms with van der Waals surface area (Å²) in [6, 6.07) is 18.8. The maximum atomic E-state index is 15.6. The van der Waals surface area contributed by atoms with Gasteiger partial charge in [0.25, 0.3) is 0 Å². The second kappa shape index (κ2) is 13.7. The molecule has 10 nitrogen and oxygen atoms in total. The zero-order chi connectivity index (χ0) is 32.4. The van der Waals surface area contributed by atoms with Crippen LogP contribution in [0.5, 0.6) is 0 Å². The van der Waals surface area contributed by atoms with Gasteiger partial charge in [0.15, 0.2) is 0 Å². The number of likely N-dealkylation sites (tertiary alicyclic amines) is 1. The third kappa shape index (κ3) is 7.13. The number of amides is 3. The molecule has 3 amide bonds. The normalized spacial score (nSPS) is 24.8. The number of fused-ring (bicyclic) bond motifs is 1. The highest BCUT2D eigenvalue weighted by Crippen LogP contribution is 2.66. The molecule has 2 aromatic rings. The molecule has 1 saturated carbocycles. The first kappa shape index (κ1) is 33.2. The van der Waals surface area contributed by atoms with Gasteiger partial charge < -0.3 is 10.1 Å². The molecule has 2 N–H and O–H groups in total. The Bertz CT molecular complexity index is 1340. The number of carbonyl (C=O) groups is 3. The first-order chi connectivity index (χ1) is 21.4. The minimum Gasteiger partial charge on any atom is -0.444 e. The summed E-state index contributed by atoms with van der Waals surface area (Å²) in [5.74, 6) is -0.946. The number of nitrogens with zero attached hydrogens (tertiary/aromatic N) is 3. The fraction of sp³-hybridized carbons (Fsp3) is 0.559. The second-order valence-corrected chi connectivity index (χ2v) is 15.7. The molecular weight excluding hydrogens is 589 g/mol. The van der Waals surface area contributed by atoms with E-state index in [-0.39, 0.29) is 30.7 Å². The SMILES string of the molecule is C[C@H](c1ccccc1)N1[C@H]2CCCC[C@@H]2N([C@H](C)c2ccccc2)P1(=O)NC(=O)CNC(=O)[C@@H]1CCCN1C(=O)OC(C)(C)C. The van der Waals surface area contributed by atoms with Gasteiger partial charge in [-0.2, -0.15) is 0 Å². The van der Waals surface area contributed by atoms with Crippen LogP contribution in [0.4, 0.5) is 4.79 Å². The van der Waals surface area contributed by atoms with E-state index in [9.17, 15) is 14.4 Å². The summed E-state index contributed by atoms with van der Waals surface area (Å²) in [5.41, 5.74) is 1.38. The van der Waals surface area contributed by atoms with Crippen molar-refractivity contribution in [3.63, 3.8) is 0 Å². The Labute approximate surface area is 267 Å². The summed E-state index contributed by atoms with van der Waals surface area (Å²) in [6.45, 7) is 9.53. The summed E-state index contributed by atoms with van der Waals surface area (Å²) < 4.78 is 25.2. The highest BCUT2D eigenvalue weighted by Gasteiger charge is 2.59. The number of hydrogen-bond donors (Lipinski definition) is 2. The number of nitrogens with one attached hydrogen (secondary N) is 2. The zero-order valence-electron chi connectivity index (χ0n) is 27.1.